The second-order valence-corrected chi connectivity index (χ2v) is 4.39. The number of halogens is 1. The fraction of sp³-hybridized carbons (Fsp3) is 0.417. The first-order valence-electron chi connectivity index (χ1n) is 5.30. The average Bonchev–Trinajstić information content (AvgIpc) is 2.16. The molecular weight excluding hydrogens is 223 g/mol. The molecule has 2 N–H and O–H groups in total. The fourth-order valence-corrected chi connectivity index (χ4v) is 1.77. The Hall–Kier alpha value is -1.00. The molecule has 0 aliphatic rings. The second kappa shape index (κ2) is 5.92. The Morgan fingerprint density at radius 3 is 2.69 bits per heavy atom. The van der Waals surface area contributed by atoms with E-state index in [1.807, 2.05) is 13.1 Å². The Kier molecular flexibility index (Phi) is 4.83. The van der Waals surface area contributed by atoms with Crippen molar-refractivity contribution in [2.45, 2.75) is 19.9 Å². The highest BCUT2D eigenvalue weighted by Crippen LogP contribution is 2.11. The van der Waals surface area contributed by atoms with Crippen LogP contribution < -0.4 is 5.73 Å². The largest absolute Gasteiger partial charge is 0.389 e. The van der Waals surface area contributed by atoms with Crippen molar-refractivity contribution in [3.05, 3.63) is 35.1 Å². The molecule has 4 heteroatoms. The van der Waals surface area contributed by atoms with Crippen LogP contribution in [0.1, 0.15) is 24.5 Å². The summed E-state index contributed by atoms with van der Waals surface area (Å²) in [4.78, 5) is 2.37. The molecule has 0 aliphatic carbocycles. The first-order valence-corrected chi connectivity index (χ1v) is 5.71. The Labute approximate surface area is 101 Å². The summed E-state index contributed by atoms with van der Waals surface area (Å²) < 4.78 is 13.3. The van der Waals surface area contributed by atoms with E-state index < -0.39 is 0 Å². The van der Waals surface area contributed by atoms with E-state index in [2.05, 4.69) is 11.8 Å². The van der Waals surface area contributed by atoms with Gasteiger partial charge >= 0.3 is 0 Å². The summed E-state index contributed by atoms with van der Waals surface area (Å²) in [5.74, 6) is -0.287. The molecule has 88 valence electrons. The molecule has 0 unspecified atom stereocenters. The number of hydrogen-bond acceptors (Lipinski definition) is 2. The second-order valence-electron chi connectivity index (χ2n) is 3.95. The standard InChI is InChI=1S/C12H17FN2S/c1-3-4-15(2)8-9-5-10(12(14)16)7-11(13)6-9/h5-7H,3-4,8H2,1-2H3,(H2,14,16). The molecule has 0 heterocycles. The molecule has 1 aromatic carbocycles. The maximum atomic E-state index is 13.3. The van der Waals surface area contributed by atoms with E-state index in [0.29, 0.717) is 12.1 Å². The number of thiocarbonyl (C=S) groups is 1. The predicted octanol–water partition coefficient (Wildman–Crippen LogP) is 2.30. The lowest BCUT2D eigenvalue weighted by atomic mass is 10.1. The first-order chi connectivity index (χ1) is 7.52. The van der Waals surface area contributed by atoms with Gasteiger partial charge in [-0.3, -0.25) is 0 Å². The van der Waals surface area contributed by atoms with Crippen LogP contribution in [0.3, 0.4) is 0 Å². The lowest BCUT2D eigenvalue weighted by molar-refractivity contribution is 0.327. The van der Waals surface area contributed by atoms with Gasteiger partial charge < -0.3 is 10.6 Å². The summed E-state index contributed by atoms with van der Waals surface area (Å²) in [5, 5.41) is 0. The third-order valence-corrected chi connectivity index (χ3v) is 2.54. The molecule has 0 fully saturated rings. The molecule has 0 amide bonds. The van der Waals surface area contributed by atoms with Crippen LogP contribution in [0, 0.1) is 5.82 Å². The van der Waals surface area contributed by atoms with Crippen LogP contribution in [0.25, 0.3) is 0 Å². The van der Waals surface area contributed by atoms with Gasteiger partial charge in [-0.1, -0.05) is 19.1 Å². The number of nitrogens with two attached hydrogens (primary N) is 1. The molecule has 0 saturated heterocycles. The number of benzene rings is 1. The molecule has 1 aromatic rings. The van der Waals surface area contributed by atoms with Crippen molar-refractivity contribution in [3.63, 3.8) is 0 Å². The van der Waals surface area contributed by atoms with Gasteiger partial charge in [-0.25, -0.2) is 4.39 Å². The monoisotopic (exact) mass is 240 g/mol. The molecule has 16 heavy (non-hydrogen) atoms. The van der Waals surface area contributed by atoms with Crippen molar-refractivity contribution in [2.75, 3.05) is 13.6 Å². The third-order valence-electron chi connectivity index (χ3n) is 2.30. The summed E-state index contributed by atoms with van der Waals surface area (Å²) in [6, 6.07) is 4.73. The molecule has 0 aliphatic heterocycles. The van der Waals surface area contributed by atoms with Crippen molar-refractivity contribution < 1.29 is 4.39 Å². The minimum Gasteiger partial charge on any atom is -0.389 e. The first kappa shape index (κ1) is 13.1. The number of nitrogens with zero attached hydrogens (tertiary/aromatic N) is 1. The summed E-state index contributed by atoms with van der Waals surface area (Å²) in [5.41, 5.74) is 6.99. The fourth-order valence-electron chi connectivity index (χ4n) is 1.66. The smallest absolute Gasteiger partial charge is 0.124 e. The third kappa shape index (κ3) is 3.87. The van der Waals surface area contributed by atoms with Crippen LogP contribution in [0.2, 0.25) is 0 Å². The summed E-state index contributed by atoms with van der Waals surface area (Å²) in [6.45, 7) is 3.81. The lowest BCUT2D eigenvalue weighted by Crippen LogP contribution is -2.19. The van der Waals surface area contributed by atoms with E-state index in [0.717, 1.165) is 18.5 Å². The van der Waals surface area contributed by atoms with E-state index in [9.17, 15) is 4.39 Å². The summed E-state index contributed by atoms with van der Waals surface area (Å²) in [6.07, 6.45) is 1.08. The van der Waals surface area contributed by atoms with Gasteiger partial charge in [0.1, 0.15) is 10.8 Å². The zero-order valence-corrected chi connectivity index (χ0v) is 10.5. The van der Waals surface area contributed by atoms with Gasteiger partial charge in [-0.15, -0.1) is 0 Å². The summed E-state index contributed by atoms with van der Waals surface area (Å²) in [7, 11) is 2.01. The van der Waals surface area contributed by atoms with Gasteiger partial charge in [-0.05, 0) is 43.8 Å². The van der Waals surface area contributed by atoms with Crippen molar-refractivity contribution in [3.8, 4) is 0 Å². The Morgan fingerprint density at radius 2 is 2.12 bits per heavy atom. The average molecular weight is 240 g/mol. The lowest BCUT2D eigenvalue weighted by Gasteiger charge is -2.16. The maximum Gasteiger partial charge on any atom is 0.124 e. The number of hydrogen-bond donors (Lipinski definition) is 1. The van der Waals surface area contributed by atoms with E-state index in [1.54, 1.807) is 0 Å². The van der Waals surface area contributed by atoms with Crippen molar-refractivity contribution >= 4 is 17.2 Å². The molecule has 0 bridgehead atoms. The minimum atomic E-state index is -0.287. The van der Waals surface area contributed by atoms with Gasteiger partial charge in [0.25, 0.3) is 0 Å². The Balaban J connectivity index is 2.84. The zero-order chi connectivity index (χ0) is 12.1. The van der Waals surface area contributed by atoms with Crippen LogP contribution in [0.4, 0.5) is 4.39 Å². The van der Waals surface area contributed by atoms with Gasteiger partial charge in [0.05, 0.1) is 0 Å². The summed E-state index contributed by atoms with van der Waals surface area (Å²) >= 11 is 4.84. The highest BCUT2D eigenvalue weighted by Gasteiger charge is 2.05. The molecule has 1 rings (SSSR count). The van der Waals surface area contributed by atoms with Crippen LogP contribution in [-0.4, -0.2) is 23.5 Å². The molecule has 0 aromatic heterocycles. The molecule has 0 radical (unpaired) electrons. The van der Waals surface area contributed by atoms with Crippen LogP contribution in [-0.2, 0) is 6.54 Å². The topological polar surface area (TPSA) is 29.3 Å². The molecule has 0 atom stereocenters. The zero-order valence-electron chi connectivity index (χ0n) is 9.66. The Morgan fingerprint density at radius 1 is 1.44 bits per heavy atom. The van der Waals surface area contributed by atoms with Gasteiger partial charge in [-0.2, -0.15) is 0 Å². The van der Waals surface area contributed by atoms with Crippen LogP contribution in [0.15, 0.2) is 18.2 Å². The molecule has 0 spiro atoms. The van der Waals surface area contributed by atoms with Crippen LogP contribution >= 0.6 is 12.2 Å². The highest BCUT2D eigenvalue weighted by atomic mass is 32.1. The maximum absolute atomic E-state index is 13.3. The van der Waals surface area contributed by atoms with Crippen LogP contribution in [0.5, 0.6) is 0 Å². The minimum absolute atomic E-state index is 0.235. The van der Waals surface area contributed by atoms with Gasteiger partial charge in [0.2, 0.25) is 0 Å². The molecule has 0 saturated carbocycles. The van der Waals surface area contributed by atoms with E-state index in [-0.39, 0.29) is 10.8 Å². The quantitative estimate of drug-likeness (QED) is 0.801. The van der Waals surface area contributed by atoms with E-state index in [4.69, 9.17) is 18.0 Å². The van der Waals surface area contributed by atoms with Gasteiger partial charge in [0.15, 0.2) is 0 Å². The Bertz CT molecular complexity index is 379. The van der Waals surface area contributed by atoms with Crippen molar-refractivity contribution in [2.24, 2.45) is 5.73 Å². The normalized spacial score (nSPS) is 10.8. The van der Waals surface area contributed by atoms with Crippen molar-refractivity contribution in [1.82, 2.24) is 4.90 Å². The molecule has 2 nitrogen and oxygen atoms in total. The van der Waals surface area contributed by atoms with E-state index in [1.165, 1.54) is 12.1 Å². The predicted molar refractivity (Wildman–Crippen MR) is 68.9 cm³/mol. The highest BCUT2D eigenvalue weighted by molar-refractivity contribution is 7.80. The number of rotatable bonds is 5. The van der Waals surface area contributed by atoms with E-state index >= 15 is 0 Å². The SMILES string of the molecule is CCCN(C)Cc1cc(F)cc(C(N)=S)c1. The van der Waals surface area contributed by atoms with Gasteiger partial charge in [0, 0.05) is 12.1 Å². The van der Waals surface area contributed by atoms with Crippen molar-refractivity contribution in [1.29, 1.82) is 0 Å². The molecular formula is C12H17FN2S.